The number of benzene rings is 1. The lowest BCUT2D eigenvalue weighted by molar-refractivity contribution is -0.139. The third-order valence-electron chi connectivity index (χ3n) is 3.38. The monoisotopic (exact) mass is 288 g/mol. The van der Waals surface area contributed by atoms with Gasteiger partial charge in [0.1, 0.15) is 5.75 Å². The minimum Gasteiger partial charge on any atom is -0.494 e. The van der Waals surface area contributed by atoms with E-state index in [1.165, 1.54) is 7.11 Å². The van der Waals surface area contributed by atoms with Gasteiger partial charge in [-0.05, 0) is 45.0 Å². The Labute approximate surface area is 124 Å². The maximum absolute atomic E-state index is 11.5. The molecule has 1 aromatic carbocycles. The van der Waals surface area contributed by atoms with E-state index in [2.05, 4.69) is 5.10 Å². The number of hydrogen-bond donors (Lipinski definition) is 0. The van der Waals surface area contributed by atoms with Crippen LogP contribution in [-0.2, 0) is 16.0 Å². The summed E-state index contributed by atoms with van der Waals surface area (Å²) in [5.41, 5.74) is 3.64. The zero-order valence-corrected chi connectivity index (χ0v) is 12.8. The summed E-state index contributed by atoms with van der Waals surface area (Å²) >= 11 is 0. The molecule has 0 aliphatic carbocycles. The fourth-order valence-corrected chi connectivity index (χ4v) is 2.25. The maximum atomic E-state index is 11.5. The van der Waals surface area contributed by atoms with Crippen LogP contribution in [0.2, 0.25) is 0 Å². The molecule has 0 radical (unpaired) electrons. The van der Waals surface area contributed by atoms with Crippen LogP contribution in [0.3, 0.4) is 0 Å². The van der Waals surface area contributed by atoms with Gasteiger partial charge in [0.05, 0.1) is 31.5 Å². The second kappa shape index (κ2) is 6.43. The van der Waals surface area contributed by atoms with Crippen LogP contribution in [0.1, 0.15) is 23.9 Å². The Morgan fingerprint density at radius 1 is 1.24 bits per heavy atom. The van der Waals surface area contributed by atoms with Gasteiger partial charge in [-0.1, -0.05) is 0 Å². The molecule has 0 amide bonds. The van der Waals surface area contributed by atoms with Crippen molar-refractivity contribution in [3.8, 4) is 11.4 Å². The molecule has 0 atom stereocenters. The van der Waals surface area contributed by atoms with E-state index in [1.807, 2.05) is 49.7 Å². The number of nitrogens with zero attached hydrogens (tertiary/aromatic N) is 2. The number of aromatic nitrogens is 2. The number of esters is 1. The molecule has 0 fully saturated rings. The van der Waals surface area contributed by atoms with Crippen molar-refractivity contribution in [3.05, 3.63) is 41.2 Å². The van der Waals surface area contributed by atoms with Gasteiger partial charge >= 0.3 is 5.97 Å². The van der Waals surface area contributed by atoms with Gasteiger partial charge in [-0.15, -0.1) is 0 Å². The average molecular weight is 288 g/mol. The second-order valence-electron chi connectivity index (χ2n) is 4.74. The number of aryl methyl sites for hydroxylation is 1. The molecule has 5 heteroatoms. The highest BCUT2D eigenvalue weighted by Gasteiger charge is 2.16. The first-order valence-electron chi connectivity index (χ1n) is 6.92. The van der Waals surface area contributed by atoms with E-state index in [4.69, 9.17) is 9.47 Å². The molecule has 0 aliphatic rings. The van der Waals surface area contributed by atoms with E-state index >= 15 is 0 Å². The fraction of sp³-hybridized carbons (Fsp3) is 0.375. The molecule has 2 aromatic rings. The van der Waals surface area contributed by atoms with Crippen molar-refractivity contribution >= 4 is 5.97 Å². The molecule has 0 saturated heterocycles. The number of carbonyl (C=O) groups is 1. The zero-order chi connectivity index (χ0) is 15.4. The molecule has 112 valence electrons. The van der Waals surface area contributed by atoms with Crippen molar-refractivity contribution in [1.82, 2.24) is 9.78 Å². The van der Waals surface area contributed by atoms with Crippen LogP contribution in [0.5, 0.6) is 5.75 Å². The van der Waals surface area contributed by atoms with Crippen molar-refractivity contribution in [3.63, 3.8) is 0 Å². The van der Waals surface area contributed by atoms with Gasteiger partial charge in [0.2, 0.25) is 0 Å². The minimum absolute atomic E-state index is 0.241. The molecule has 2 rings (SSSR count). The van der Waals surface area contributed by atoms with Crippen LogP contribution in [-0.4, -0.2) is 29.5 Å². The first-order chi connectivity index (χ1) is 10.1. The Kier molecular flexibility index (Phi) is 4.62. The highest BCUT2D eigenvalue weighted by molar-refractivity contribution is 5.73. The molecule has 0 saturated carbocycles. The number of rotatable bonds is 5. The number of hydrogen-bond acceptors (Lipinski definition) is 4. The lowest BCUT2D eigenvalue weighted by Gasteiger charge is -2.07. The minimum atomic E-state index is -0.257. The van der Waals surface area contributed by atoms with Gasteiger partial charge in [0, 0.05) is 11.3 Å². The molecule has 1 aromatic heterocycles. The Balaban J connectivity index is 2.32. The van der Waals surface area contributed by atoms with E-state index in [1.54, 1.807) is 0 Å². The van der Waals surface area contributed by atoms with Crippen molar-refractivity contribution < 1.29 is 14.3 Å². The third-order valence-corrected chi connectivity index (χ3v) is 3.38. The van der Waals surface area contributed by atoms with Crippen LogP contribution in [0, 0.1) is 13.8 Å². The van der Waals surface area contributed by atoms with Crippen molar-refractivity contribution in [2.75, 3.05) is 13.7 Å². The van der Waals surface area contributed by atoms with E-state index < -0.39 is 0 Å². The van der Waals surface area contributed by atoms with Crippen LogP contribution in [0.15, 0.2) is 24.3 Å². The van der Waals surface area contributed by atoms with Crippen molar-refractivity contribution in [1.29, 1.82) is 0 Å². The smallest absolute Gasteiger partial charge is 0.310 e. The van der Waals surface area contributed by atoms with Gasteiger partial charge in [-0.25, -0.2) is 4.68 Å². The van der Waals surface area contributed by atoms with Gasteiger partial charge in [-0.2, -0.15) is 5.10 Å². The Morgan fingerprint density at radius 2 is 1.90 bits per heavy atom. The molecule has 0 bridgehead atoms. The fourth-order valence-electron chi connectivity index (χ4n) is 2.25. The predicted octanol–water partition coefficient (Wildman–Crippen LogP) is 2.60. The summed E-state index contributed by atoms with van der Waals surface area (Å²) in [5.74, 6) is 0.574. The summed E-state index contributed by atoms with van der Waals surface area (Å²) in [4.78, 5) is 11.5. The van der Waals surface area contributed by atoms with Crippen molar-refractivity contribution in [2.45, 2.75) is 27.2 Å². The van der Waals surface area contributed by atoms with Gasteiger partial charge in [0.25, 0.3) is 0 Å². The van der Waals surface area contributed by atoms with E-state index in [0.717, 1.165) is 28.4 Å². The van der Waals surface area contributed by atoms with Crippen LogP contribution >= 0.6 is 0 Å². The first-order valence-corrected chi connectivity index (χ1v) is 6.92. The van der Waals surface area contributed by atoms with E-state index in [0.29, 0.717) is 6.61 Å². The first kappa shape index (κ1) is 15.1. The zero-order valence-electron chi connectivity index (χ0n) is 12.8. The van der Waals surface area contributed by atoms with Gasteiger partial charge in [-0.3, -0.25) is 4.79 Å². The molecule has 0 unspecified atom stereocenters. The highest BCUT2D eigenvalue weighted by Crippen LogP contribution is 2.21. The van der Waals surface area contributed by atoms with E-state index in [-0.39, 0.29) is 12.4 Å². The molecule has 5 nitrogen and oxygen atoms in total. The summed E-state index contributed by atoms with van der Waals surface area (Å²) in [7, 11) is 1.39. The summed E-state index contributed by atoms with van der Waals surface area (Å²) in [6.07, 6.45) is 0.241. The van der Waals surface area contributed by atoms with Crippen LogP contribution < -0.4 is 4.74 Å². The van der Waals surface area contributed by atoms with Gasteiger partial charge in [0.15, 0.2) is 0 Å². The molecule has 0 spiro atoms. The Bertz CT molecular complexity index is 630. The van der Waals surface area contributed by atoms with Crippen LogP contribution in [0.25, 0.3) is 5.69 Å². The second-order valence-corrected chi connectivity index (χ2v) is 4.74. The van der Waals surface area contributed by atoms with E-state index in [9.17, 15) is 4.79 Å². The average Bonchev–Trinajstić information content (AvgIpc) is 2.76. The Hall–Kier alpha value is -2.30. The molecular weight excluding hydrogens is 268 g/mol. The highest BCUT2D eigenvalue weighted by atomic mass is 16.5. The summed E-state index contributed by atoms with van der Waals surface area (Å²) < 4.78 is 12.0. The molecule has 0 N–H and O–H groups in total. The van der Waals surface area contributed by atoms with Gasteiger partial charge < -0.3 is 9.47 Å². The largest absolute Gasteiger partial charge is 0.494 e. The normalized spacial score (nSPS) is 10.5. The third kappa shape index (κ3) is 3.24. The number of ether oxygens (including phenoxy) is 2. The molecule has 1 heterocycles. The number of methoxy groups -OCH3 is 1. The standard InChI is InChI=1S/C16H20N2O3/c1-5-21-14-8-6-13(7-9-14)18-12(3)15(11(2)17-18)10-16(19)20-4/h6-9H,5,10H2,1-4H3. The van der Waals surface area contributed by atoms with Crippen molar-refractivity contribution in [2.24, 2.45) is 0 Å². The SMILES string of the molecule is CCOc1ccc(-n2nc(C)c(CC(=O)OC)c2C)cc1. The predicted molar refractivity (Wildman–Crippen MR) is 79.9 cm³/mol. The molecule has 21 heavy (non-hydrogen) atoms. The Morgan fingerprint density at radius 3 is 2.48 bits per heavy atom. The molecular formula is C16H20N2O3. The topological polar surface area (TPSA) is 53.4 Å². The molecule has 0 aliphatic heterocycles. The maximum Gasteiger partial charge on any atom is 0.310 e. The lowest BCUT2D eigenvalue weighted by atomic mass is 10.1. The van der Waals surface area contributed by atoms with Crippen LogP contribution in [0.4, 0.5) is 0 Å². The lowest BCUT2D eigenvalue weighted by Crippen LogP contribution is -2.06. The summed E-state index contributed by atoms with van der Waals surface area (Å²) in [5, 5.41) is 4.51. The quantitative estimate of drug-likeness (QED) is 0.794. The summed E-state index contributed by atoms with van der Waals surface area (Å²) in [6, 6.07) is 7.73. The number of carbonyl (C=O) groups excluding carboxylic acids is 1. The summed E-state index contributed by atoms with van der Waals surface area (Å²) in [6.45, 7) is 6.45.